The zero-order chi connectivity index (χ0) is 13.1. The van der Waals surface area contributed by atoms with Crippen LogP contribution in [0.2, 0.25) is 0 Å². The fourth-order valence-electron chi connectivity index (χ4n) is 2.87. The van der Waals surface area contributed by atoms with Gasteiger partial charge in [-0.1, -0.05) is 0 Å². The van der Waals surface area contributed by atoms with Gasteiger partial charge in [-0.15, -0.1) is 0 Å². The molecule has 2 heterocycles. The summed E-state index contributed by atoms with van der Waals surface area (Å²) in [4.78, 5) is 16.0. The van der Waals surface area contributed by atoms with Gasteiger partial charge in [0.05, 0.1) is 6.54 Å². The van der Waals surface area contributed by atoms with E-state index < -0.39 is 0 Å². The molecule has 0 radical (unpaired) electrons. The monoisotopic (exact) mass is 255 g/mol. The minimum Gasteiger partial charge on any atom is -0.443 e. The van der Waals surface area contributed by atoms with Crippen LogP contribution in [0.4, 0.5) is 4.79 Å². The van der Waals surface area contributed by atoms with Crippen molar-refractivity contribution in [2.45, 2.75) is 38.8 Å². The second-order valence-electron chi connectivity index (χ2n) is 5.74. The van der Waals surface area contributed by atoms with Crippen LogP contribution in [0.3, 0.4) is 0 Å². The molecule has 5 nitrogen and oxygen atoms in total. The summed E-state index contributed by atoms with van der Waals surface area (Å²) in [5, 5.41) is 0. The summed E-state index contributed by atoms with van der Waals surface area (Å²) in [6, 6.07) is 0.593. The summed E-state index contributed by atoms with van der Waals surface area (Å²) in [6.45, 7) is 8.64. The Kier molecular flexibility index (Phi) is 4.45. The standard InChI is InChI=1S/C13H25N3O2/c1-10(2)15-5-3-4-11(7-15)8-16-9-12(6-14)18-13(16)17/h10-12H,3-9,14H2,1-2H3/t11?,12-/m0/s1. The Morgan fingerprint density at radius 2 is 2.22 bits per heavy atom. The maximum absolute atomic E-state index is 11.7. The molecule has 0 bridgehead atoms. The third-order valence-corrected chi connectivity index (χ3v) is 3.97. The summed E-state index contributed by atoms with van der Waals surface area (Å²) in [5.41, 5.74) is 5.54. The van der Waals surface area contributed by atoms with E-state index in [1.165, 1.54) is 19.4 Å². The van der Waals surface area contributed by atoms with E-state index >= 15 is 0 Å². The molecule has 1 amide bonds. The SMILES string of the molecule is CC(C)N1CCCC(CN2C[C@H](CN)OC2=O)C1. The predicted octanol–water partition coefficient (Wildman–Crippen LogP) is 0.886. The van der Waals surface area contributed by atoms with Crippen molar-refractivity contribution in [3.05, 3.63) is 0 Å². The summed E-state index contributed by atoms with van der Waals surface area (Å²) in [7, 11) is 0. The molecule has 2 aliphatic heterocycles. The van der Waals surface area contributed by atoms with Crippen LogP contribution in [0.1, 0.15) is 26.7 Å². The first-order valence-corrected chi connectivity index (χ1v) is 6.99. The van der Waals surface area contributed by atoms with Gasteiger partial charge in [-0.2, -0.15) is 0 Å². The first kappa shape index (κ1) is 13.6. The quantitative estimate of drug-likeness (QED) is 0.810. The molecule has 0 aliphatic carbocycles. The molecule has 0 aromatic carbocycles. The number of cyclic esters (lactones) is 1. The van der Waals surface area contributed by atoms with Gasteiger partial charge in [-0.05, 0) is 39.2 Å². The number of amides is 1. The average Bonchev–Trinajstić information content (AvgIpc) is 2.70. The molecule has 2 rings (SSSR count). The molecule has 18 heavy (non-hydrogen) atoms. The van der Waals surface area contributed by atoms with Crippen molar-refractivity contribution in [2.75, 3.05) is 32.7 Å². The van der Waals surface area contributed by atoms with Gasteiger partial charge < -0.3 is 20.3 Å². The number of rotatable bonds is 4. The van der Waals surface area contributed by atoms with Crippen molar-refractivity contribution >= 4 is 6.09 Å². The van der Waals surface area contributed by atoms with Crippen molar-refractivity contribution in [3.63, 3.8) is 0 Å². The fourth-order valence-corrected chi connectivity index (χ4v) is 2.87. The van der Waals surface area contributed by atoms with Crippen molar-refractivity contribution in [2.24, 2.45) is 11.7 Å². The Hall–Kier alpha value is -0.810. The molecule has 5 heteroatoms. The number of carbonyl (C=O) groups excluding carboxylic acids is 1. The molecule has 0 aromatic heterocycles. The Morgan fingerprint density at radius 1 is 1.44 bits per heavy atom. The zero-order valence-corrected chi connectivity index (χ0v) is 11.5. The molecule has 2 atom stereocenters. The first-order valence-electron chi connectivity index (χ1n) is 6.99. The number of hydrogen-bond acceptors (Lipinski definition) is 4. The van der Waals surface area contributed by atoms with Crippen LogP contribution in [0, 0.1) is 5.92 Å². The maximum Gasteiger partial charge on any atom is 0.410 e. The van der Waals surface area contributed by atoms with E-state index in [9.17, 15) is 4.79 Å². The lowest BCUT2D eigenvalue weighted by Crippen LogP contribution is -2.44. The van der Waals surface area contributed by atoms with Crippen molar-refractivity contribution < 1.29 is 9.53 Å². The molecule has 104 valence electrons. The van der Waals surface area contributed by atoms with E-state index in [-0.39, 0.29) is 12.2 Å². The second kappa shape index (κ2) is 5.89. The molecular formula is C13H25N3O2. The topological polar surface area (TPSA) is 58.8 Å². The molecule has 2 aliphatic rings. The number of ether oxygens (including phenoxy) is 1. The lowest BCUT2D eigenvalue weighted by molar-refractivity contribution is 0.112. The van der Waals surface area contributed by atoms with Crippen molar-refractivity contribution in [3.8, 4) is 0 Å². The molecule has 2 N–H and O–H groups in total. The average molecular weight is 255 g/mol. The van der Waals surface area contributed by atoms with Crippen LogP contribution in [-0.4, -0.2) is 60.8 Å². The smallest absolute Gasteiger partial charge is 0.410 e. The summed E-state index contributed by atoms with van der Waals surface area (Å²) < 4.78 is 5.19. The number of hydrogen-bond donors (Lipinski definition) is 1. The molecule has 1 unspecified atom stereocenters. The van der Waals surface area contributed by atoms with Crippen LogP contribution in [0.25, 0.3) is 0 Å². The highest BCUT2D eigenvalue weighted by Gasteiger charge is 2.33. The Morgan fingerprint density at radius 3 is 2.83 bits per heavy atom. The van der Waals surface area contributed by atoms with Crippen molar-refractivity contribution in [1.29, 1.82) is 0 Å². The first-order chi connectivity index (χ1) is 8.60. The second-order valence-corrected chi connectivity index (χ2v) is 5.74. The van der Waals surface area contributed by atoms with Gasteiger partial charge in [0, 0.05) is 25.7 Å². The van der Waals surface area contributed by atoms with E-state index in [0.717, 1.165) is 13.1 Å². The summed E-state index contributed by atoms with van der Waals surface area (Å²) in [5.74, 6) is 0.574. The van der Waals surface area contributed by atoms with Gasteiger partial charge in [-0.25, -0.2) is 4.79 Å². The van der Waals surface area contributed by atoms with Gasteiger partial charge in [0.2, 0.25) is 0 Å². The van der Waals surface area contributed by atoms with Crippen LogP contribution in [0.15, 0.2) is 0 Å². The lowest BCUT2D eigenvalue weighted by Gasteiger charge is -2.36. The Labute approximate surface area is 109 Å². The van der Waals surface area contributed by atoms with Crippen LogP contribution in [-0.2, 0) is 4.74 Å². The number of nitrogens with two attached hydrogens (primary N) is 1. The Bertz CT molecular complexity index is 296. The van der Waals surface area contributed by atoms with Crippen LogP contribution < -0.4 is 5.73 Å². The minimum absolute atomic E-state index is 0.109. The number of likely N-dealkylation sites (tertiary alicyclic amines) is 1. The third-order valence-electron chi connectivity index (χ3n) is 3.97. The van der Waals surface area contributed by atoms with E-state index in [1.807, 2.05) is 4.90 Å². The van der Waals surface area contributed by atoms with Gasteiger partial charge in [-0.3, -0.25) is 0 Å². The van der Waals surface area contributed by atoms with E-state index in [1.54, 1.807) is 0 Å². The normalized spacial score (nSPS) is 30.0. The molecular weight excluding hydrogens is 230 g/mol. The fraction of sp³-hybridized carbons (Fsp3) is 0.923. The summed E-state index contributed by atoms with van der Waals surface area (Å²) >= 11 is 0. The Balaban J connectivity index is 1.84. The molecule has 0 saturated carbocycles. The molecule has 2 fully saturated rings. The van der Waals surface area contributed by atoms with Gasteiger partial charge in [0.1, 0.15) is 6.10 Å². The maximum atomic E-state index is 11.7. The molecule has 0 aromatic rings. The summed E-state index contributed by atoms with van der Waals surface area (Å²) in [6.07, 6.45) is 2.14. The molecule has 2 saturated heterocycles. The van der Waals surface area contributed by atoms with Gasteiger partial charge in [0.15, 0.2) is 0 Å². The zero-order valence-electron chi connectivity index (χ0n) is 11.5. The third kappa shape index (κ3) is 3.14. The van der Waals surface area contributed by atoms with Crippen LogP contribution in [0.5, 0.6) is 0 Å². The number of carbonyl (C=O) groups is 1. The number of nitrogens with zero attached hydrogens (tertiary/aromatic N) is 2. The van der Waals surface area contributed by atoms with Gasteiger partial charge >= 0.3 is 6.09 Å². The van der Waals surface area contributed by atoms with E-state index in [0.29, 0.717) is 25.0 Å². The van der Waals surface area contributed by atoms with E-state index in [2.05, 4.69) is 18.7 Å². The lowest BCUT2D eigenvalue weighted by atomic mass is 9.96. The highest BCUT2D eigenvalue weighted by molar-refractivity contribution is 5.69. The number of piperidine rings is 1. The minimum atomic E-state index is -0.188. The van der Waals surface area contributed by atoms with Gasteiger partial charge in [0.25, 0.3) is 0 Å². The van der Waals surface area contributed by atoms with Crippen LogP contribution >= 0.6 is 0 Å². The van der Waals surface area contributed by atoms with E-state index in [4.69, 9.17) is 10.5 Å². The highest BCUT2D eigenvalue weighted by Crippen LogP contribution is 2.21. The largest absolute Gasteiger partial charge is 0.443 e. The van der Waals surface area contributed by atoms with Crippen molar-refractivity contribution in [1.82, 2.24) is 9.80 Å². The predicted molar refractivity (Wildman–Crippen MR) is 70.3 cm³/mol. The highest BCUT2D eigenvalue weighted by atomic mass is 16.6. The molecule has 0 spiro atoms.